The van der Waals surface area contributed by atoms with E-state index in [0.717, 1.165) is 10.5 Å². The van der Waals surface area contributed by atoms with Crippen LogP contribution in [0, 0.1) is 0 Å². The first-order valence-corrected chi connectivity index (χ1v) is 6.39. The second kappa shape index (κ2) is 3.28. The zero-order chi connectivity index (χ0) is 5.98. The zero-order valence-corrected chi connectivity index (χ0v) is 7.54. The molecule has 0 nitrogen and oxygen atoms in total. The summed E-state index contributed by atoms with van der Waals surface area (Å²) in [4.78, 5) is 0. The van der Waals surface area contributed by atoms with Gasteiger partial charge < -0.3 is 0 Å². The first-order chi connectivity index (χ1) is 3.79. The van der Waals surface area contributed by atoms with Gasteiger partial charge in [0.15, 0.2) is 0 Å². The minimum atomic E-state index is 0.872. The van der Waals surface area contributed by atoms with Crippen LogP contribution < -0.4 is 0 Å². The van der Waals surface area contributed by atoms with Crippen LogP contribution in [0.4, 0.5) is 0 Å². The molecular weight excluding hydrogens is 156 g/mol. The van der Waals surface area contributed by atoms with Gasteiger partial charge in [0.1, 0.15) is 0 Å². The van der Waals surface area contributed by atoms with Crippen molar-refractivity contribution in [2.45, 2.75) is 30.8 Å². The van der Waals surface area contributed by atoms with Crippen molar-refractivity contribution in [1.29, 1.82) is 0 Å². The Morgan fingerprint density at radius 2 is 1.62 bits per heavy atom. The topological polar surface area (TPSA) is 0 Å². The second-order valence-electron chi connectivity index (χ2n) is 2.12. The monoisotopic (exact) mass is 166 g/mol. The van der Waals surface area contributed by atoms with Gasteiger partial charge in [-0.3, -0.25) is 0 Å². The molecule has 0 aromatic carbocycles. The molecule has 0 aromatic heterocycles. The van der Waals surface area contributed by atoms with E-state index in [1.165, 1.54) is 6.42 Å². The third-order valence-electron chi connectivity index (χ3n) is 1.07. The van der Waals surface area contributed by atoms with Crippen molar-refractivity contribution in [2.75, 3.05) is 0 Å². The van der Waals surface area contributed by atoms with Gasteiger partial charge in [0, 0.05) is 10.5 Å². The summed E-state index contributed by atoms with van der Waals surface area (Å²) in [5, 5.41) is 1.74. The molecule has 0 amide bonds. The molecule has 0 unspecified atom stereocenters. The van der Waals surface area contributed by atoms with Crippen LogP contribution >= 0.6 is 31.4 Å². The highest BCUT2D eigenvalue weighted by Gasteiger charge is 2.15. The lowest BCUT2D eigenvalue weighted by molar-refractivity contribution is 0.808. The van der Waals surface area contributed by atoms with Crippen LogP contribution in [0.25, 0.3) is 0 Å². The highest BCUT2D eigenvalue weighted by Crippen LogP contribution is 2.47. The fraction of sp³-hybridized carbons (Fsp3) is 1.00. The first kappa shape index (κ1) is 7.16. The molecule has 2 atom stereocenters. The van der Waals surface area contributed by atoms with Gasteiger partial charge in [0.2, 0.25) is 0 Å². The van der Waals surface area contributed by atoms with Crippen LogP contribution in [-0.4, -0.2) is 10.5 Å². The largest absolute Gasteiger partial charge is 0.0794 e. The fourth-order valence-electron chi connectivity index (χ4n) is 0.703. The molecule has 48 valence electrons. The van der Waals surface area contributed by atoms with Crippen molar-refractivity contribution in [3.05, 3.63) is 0 Å². The summed E-state index contributed by atoms with van der Waals surface area (Å²) in [5.41, 5.74) is 0. The van der Waals surface area contributed by atoms with Crippen molar-refractivity contribution < 1.29 is 0 Å². The minimum absolute atomic E-state index is 0.872. The molecule has 1 fully saturated rings. The normalized spacial score (nSPS) is 39.8. The van der Waals surface area contributed by atoms with E-state index < -0.39 is 0 Å². The van der Waals surface area contributed by atoms with E-state index >= 15 is 0 Å². The summed E-state index contributed by atoms with van der Waals surface area (Å²) >= 11 is 0. The fourth-order valence-corrected chi connectivity index (χ4v) is 6.11. The van der Waals surface area contributed by atoms with Crippen LogP contribution in [0.15, 0.2) is 0 Å². The van der Waals surface area contributed by atoms with E-state index in [-0.39, 0.29) is 0 Å². The molecule has 1 saturated heterocycles. The predicted molar refractivity (Wildman–Crippen MR) is 46.3 cm³/mol. The molecule has 0 aliphatic carbocycles. The maximum absolute atomic E-state index is 2.30. The van der Waals surface area contributed by atoms with Gasteiger partial charge in [-0.15, -0.1) is 0 Å². The standard InChI is InChI=1S/C5H10S3/c1-4-3-5(2)7-8-6-4/h4-5H,3H2,1-2H3/t4-,5-/m1/s1. The SMILES string of the molecule is C[C@@H]1C[C@@H](C)SSS1. The van der Waals surface area contributed by atoms with E-state index in [1.807, 2.05) is 31.4 Å². The molecule has 0 aromatic rings. The predicted octanol–water partition coefficient (Wildman–Crippen LogP) is 3.20. The summed E-state index contributed by atoms with van der Waals surface area (Å²) in [6.07, 6.45) is 1.38. The van der Waals surface area contributed by atoms with Gasteiger partial charge in [-0.2, -0.15) is 0 Å². The lowest BCUT2D eigenvalue weighted by Gasteiger charge is -2.20. The highest BCUT2D eigenvalue weighted by atomic mass is 33.5. The average molecular weight is 166 g/mol. The van der Waals surface area contributed by atoms with Gasteiger partial charge in [-0.1, -0.05) is 35.4 Å². The van der Waals surface area contributed by atoms with Crippen molar-refractivity contribution in [3.8, 4) is 0 Å². The van der Waals surface area contributed by atoms with Gasteiger partial charge in [0.05, 0.1) is 0 Å². The average Bonchev–Trinajstić information content (AvgIpc) is 1.64. The molecule has 1 rings (SSSR count). The molecule has 3 heteroatoms. The summed E-state index contributed by atoms with van der Waals surface area (Å²) in [7, 11) is 5.95. The van der Waals surface area contributed by atoms with E-state index in [9.17, 15) is 0 Å². The molecular formula is C5H10S3. The van der Waals surface area contributed by atoms with Crippen LogP contribution in [0.1, 0.15) is 20.3 Å². The van der Waals surface area contributed by atoms with Crippen molar-refractivity contribution >= 4 is 31.4 Å². The Labute approximate surface area is 62.4 Å². The quantitative estimate of drug-likeness (QED) is 0.507. The molecule has 0 N–H and O–H groups in total. The lowest BCUT2D eigenvalue weighted by Crippen LogP contribution is -2.07. The van der Waals surface area contributed by atoms with Crippen LogP contribution in [-0.2, 0) is 0 Å². The van der Waals surface area contributed by atoms with E-state index in [1.54, 1.807) is 0 Å². The Morgan fingerprint density at radius 3 is 1.88 bits per heavy atom. The minimum Gasteiger partial charge on any atom is -0.0794 e. The molecule has 0 radical (unpaired) electrons. The first-order valence-electron chi connectivity index (χ1n) is 2.78. The summed E-state index contributed by atoms with van der Waals surface area (Å²) < 4.78 is 0. The van der Waals surface area contributed by atoms with Gasteiger partial charge in [0.25, 0.3) is 0 Å². The van der Waals surface area contributed by atoms with Crippen LogP contribution in [0.3, 0.4) is 0 Å². The van der Waals surface area contributed by atoms with E-state index in [2.05, 4.69) is 13.8 Å². The van der Waals surface area contributed by atoms with Crippen molar-refractivity contribution in [2.24, 2.45) is 0 Å². The lowest BCUT2D eigenvalue weighted by atomic mass is 10.3. The molecule has 8 heavy (non-hydrogen) atoms. The van der Waals surface area contributed by atoms with Crippen LogP contribution in [0.5, 0.6) is 0 Å². The zero-order valence-electron chi connectivity index (χ0n) is 5.09. The van der Waals surface area contributed by atoms with E-state index in [4.69, 9.17) is 0 Å². The summed E-state index contributed by atoms with van der Waals surface area (Å²) in [6.45, 7) is 4.60. The Hall–Kier alpha value is 1.05. The van der Waals surface area contributed by atoms with E-state index in [0.29, 0.717) is 0 Å². The molecule has 0 spiro atoms. The summed E-state index contributed by atoms with van der Waals surface area (Å²) in [5.74, 6) is 0. The third kappa shape index (κ3) is 2.11. The Kier molecular flexibility index (Phi) is 2.93. The maximum Gasteiger partial charge on any atom is 0.0142 e. The molecule has 0 bridgehead atoms. The maximum atomic E-state index is 2.30. The third-order valence-corrected chi connectivity index (χ3v) is 6.13. The highest BCUT2D eigenvalue weighted by molar-refractivity contribution is 9.09. The molecule has 0 saturated carbocycles. The van der Waals surface area contributed by atoms with Gasteiger partial charge >= 0.3 is 0 Å². The number of hydrogen-bond donors (Lipinski definition) is 0. The number of rotatable bonds is 0. The van der Waals surface area contributed by atoms with Crippen molar-refractivity contribution in [1.82, 2.24) is 0 Å². The van der Waals surface area contributed by atoms with Crippen molar-refractivity contribution in [3.63, 3.8) is 0 Å². The Balaban J connectivity index is 2.23. The Morgan fingerprint density at radius 1 is 1.12 bits per heavy atom. The van der Waals surface area contributed by atoms with Crippen LogP contribution in [0.2, 0.25) is 0 Å². The molecule has 1 heterocycles. The Bertz CT molecular complexity index is 66.1. The number of hydrogen-bond acceptors (Lipinski definition) is 3. The van der Waals surface area contributed by atoms with Gasteiger partial charge in [-0.25, -0.2) is 0 Å². The molecule has 1 aliphatic heterocycles. The van der Waals surface area contributed by atoms with Gasteiger partial charge in [-0.05, 0) is 16.2 Å². The second-order valence-corrected chi connectivity index (χ2v) is 7.04. The summed E-state index contributed by atoms with van der Waals surface area (Å²) in [6, 6.07) is 0. The molecule has 1 aliphatic rings. The smallest absolute Gasteiger partial charge is 0.0142 e.